The topological polar surface area (TPSA) is 62.7 Å². The summed E-state index contributed by atoms with van der Waals surface area (Å²) in [7, 11) is 0. The van der Waals surface area contributed by atoms with E-state index in [1.54, 1.807) is 12.3 Å². The zero-order valence-electron chi connectivity index (χ0n) is 6.69. The number of nitrogens with zero attached hydrogens (tertiary/aromatic N) is 2. The fraction of sp³-hybridized carbons (Fsp3) is 0.250. The summed E-state index contributed by atoms with van der Waals surface area (Å²) in [5, 5.41) is 8.49. The smallest absolute Gasteiger partial charge is 0.140 e. The number of nitrogens with two attached hydrogens (primary N) is 1. The van der Waals surface area contributed by atoms with Crippen molar-refractivity contribution < 1.29 is 0 Å². The molecule has 0 saturated carbocycles. The molecule has 64 valence electrons. The van der Waals surface area contributed by atoms with Crippen molar-refractivity contribution in [1.82, 2.24) is 4.98 Å². The molecule has 2 N–H and O–H groups in total. The minimum atomic E-state index is -0.0369. The van der Waals surface area contributed by atoms with E-state index in [2.05, 4.69) is 4.98 Å². The largest absolute Gasteiger partial charge is 0.324 e. The summed E-state index contributed by atoms with van der Waals surface area (Å²) in [6, 6.07) is 5.43. The molecule has 0 spiro atoms. The van der Waals surface area contributed by atoms with E-state index >= 15 is 0 Å². The Bertz CT molecular complexity index is 291. The molecule has 0 fully saturated rings. The van der Waals surface area contributed by atoms with Crippen LogP contribution in [0.3, 0.4) is 0 Å². The van der Waals surface area contributed by atoms with E-state index in [9.17, 15) is 0 Å². The number of pyridine rings is 1. The number of hydrogen-bond acceptors (Lipinski definition) is 3. The van der Waals surface area contributed by atoms with Crippen LogP contribution in [-0.2, 0) is 0 Å². The molecule has 4 heteroatoms. The SMILES string of the molecule is C[C@@H](N)c1ccnc(C#N)c1.Cl. The summed E-state index contributed by atoms with van der Waals surface area (Å²) in [6.07, 6.45) is 1.59. The Balaban J connectivity index is 0.00000121. The minimum Gasteiger partial charge on any atom is -0.324 e. The van der Waals surface area contributed by atoms with E-state index in [0.29, 0.717) is 5.69 Å². The maximum Gasteiger partial charge on any atom is 0.140 e. The molecule has 1 rings (SSSR count). The Morgan fingerprint density at radius 3 is 2.83 bits per heavy atom. The van der Waals surface area contributed by atoms with Crippen molar-refractivity contribution in [3.05, 3.63) is 29.6 Å². The molecule has 1 aromatic rings. The van der Waals surface area contributed by atoms with Crippen LogP contribution in [-0.4, -0.2) is 4.98 Å². The first-order valence-corrected chi connectivity index (χ1v) is 3.35. The summed E-state index contributed by atoms with van der Waals surface area (Å²) in [5.74, 6) is 0. The van der Waals surface area contributed by atoms with E-state index in [0.717, 1.165) is 5.56 Å². The predicted molar refractivity (Wildman–Crippen MR) is 48.8 cm³/mol. The van der Waals surface area contributed by atoms with Crippen molar-refractivity contribution in [3.8, 4) is 6.07 Å². The summed E-state index contributed by atoms with van der Waals surface area (Å²) in [6.45, 7) is 1.87. The van der Waals surface area contributed by atoms with Gasteiger partial charge in [0.25, 0.3) is 0 Å². The highest BCUT2D eigenvalue weighted by Gasteiger charge is 1.99. The molecule has 0 aliphatic carbocycles. The van der Waals surface area contributed by atoms with Gasteiger partial charge in [-0.1, -0.05) is 0 Å². The van der Waals surface area contributed by atoms with Crippen LogP contribution in [0.2, 0.25) is 0 Å². The average molecular weight is 184 g/mol. The highest BCUT2D eigenvalue weighted by molar-refractivity contribution is 5.85. The normalized spacial score (nSPS) is 11.1. The lowest BCUT2D eigenvalue weighted by Gasteiger charge is -2.03. The summed E-state index contributed by atoms with van der Waals surface area (Å²) >= 11 is 0. The van der Waals surface area contributed by atoms with E-state index < -0.39 is 0 Å². The zero-order valence-corrected chi connectivity index (χ0v) is 7.51. The summed E-state index contributed by atoms with van der Waals surface area (Å²) < 4.78 is 0. The second kappa shape index (κ2) is 4.70. The van der Waals surface area contributed by atoms with Gasteiger partial charge in [-0.15, -0.1) is 12.4 Å². The lowest BCUT2D eigenvalue weighted by molar-refractivity contribution is 0.814. The van der Waals surface area contributed by atoms with Crippen LogP contribution in [0, 0.1) is 11.3 Å². The molecular weight excluding hydrogens is 174 g/mol. The molecular formula is C8H10ClN3. The summed E-state index contributed by atoms with van der Waals surface area (Å²) in [5.41, 5.74) is 6.96. The van der Waals surface area contributed by atoms with Crippen LogP contribution in [0.1, 0.15) is 24.2 Å². The van der Waals surface area contributed by atoms with Gasteiger partial charge in [0.1, 0.15) is 11.8 Å². The molecule has 0 bridgehead atoms. The first kappa shape index (κ1) is 10.9. The Morgan fingerprint density at radius 2 is 2.33 bits per heavy atom. The maximum atomic E-state index is 8.49. The fourth-order valence-electron chi connectivity index (χ4n) is 0.791. The Hall–Kier alpha value is -1.11. The van der Waals surface area contributed by atoms with E-state index in [1.807, 2.05) is 19.1 Å². The quantitative estimate of drug-likeness (QED) is 0.716. The van der Waals surface area contributed by atoms with Crippen molar-refractivity contribution in [2.45, 2.75) is 13.0 Å². The maximum absolute atomic E-state index is 8.49. The first-order valence-electron chi connectivity index (χ1n) is 3.35. The third-order valence-electron chi connectivity index (χ3n) is 1.42. The van der Waals surface area contributed by atoms with Crippen molar-refractivity contribution in [1.29, 1.82) is 5.26 Å². The monoisotopic (exact) mass is 183 g/mol. The number of hydrogen-bond donors (Lipinski definition) is 1. The predicted octanol–water partition coefficient (Wildman–Crippen LogP) is 1.39. The Morgan fingerprint density at radius 1 is 1.67 bits per heavy atom. The van der Waals surface area contributed by atoms with Crippen LogP contribution in [0.5, 0.6) is 0 Å². The molecule has 0 aliphatic heterocycles. The molecule has 1 heterocycles. The van der Waals surface area contributed by atoms with Crippen molar-refractivity contribution in [3.63, 3.8) is 0 Å². The lowest BCUT2D eigenvalue weighted by atomic mass is 10.1. The van der Waals surface area contributed by atoms with Crippen LogP contribution in [0.15, 0.2) is 18.3 Å². The van der Waals surface area contributed by atoms with Gasteiger partial charge in [0.15, 0.2) is 0 Å². The fourth-order valence-corrected chi connectivity index (χ4v) is 0.791. The molecule has 0 aliphatic rings. The van der Waals surface area contributed by atoms with Gasteiger partial charge >= 0.3 is 0 Å². The first-order chi connectivity index (χ1) is 5.24. The number of nitriles is 1. The van der Waals surface area contributed by atoms with Crippen LogP contribution in [0.4, 0.5) is 0 Å². The molecule has 0 aromatic carbocycles. The Labute approximate surface area is 77.6 Å². The van der Waals surface area contributed by atoms with Gasteiger partial charge < -0.3 is 5.73 Å². The van der Waals surface area contributed by atoms with Gasteiger partial charge in [-0.2, -0.15) is 5.26 Å². The van der Waals surface area contributed by atoms with Gasteiger partial charge in [0.2, 0.25) is 0 Å². The number of rotatable bonds is 1. The molecule has 1 atom stereocenters. The molecule has 0 amide bonds. The van der Waals surface area contributed by atoms with Gasteiger partial charge in [0, 0.05) is 12.2 Å². The van der Waals surface area contributed by atoms with Gasteiger partial charge in [-0.25, -0.2) is 4.98 Å². The zero-order chi connectivity index (χ0) is 8.27. The second-order valence-corrected chi connectivity index (χ2v) is 2.37. The molecule has 1 aromatic heterocycles. The lowest BCUT2D eigenvalue weighted by Crippen LogP contribution is -2.05. The highest BCUT2D eigenvalue weighted by Crippen LogP contribution is 2.08. The van der Waals surface area contributed by atoms with Crippen molar-refractivity contribution >= 4 is 12.4 Å². The third-order valence-corrected chi connectivity index (χ3v) is 1.42. The molecule has 0 saturated heterocycles. The van der Waals surface area contributed by atoms with E-state index in [4.69, 9.17) is 11.0 Å². The molecule has 0 unspecified atom stereocenters. The van der Waals surface area contributed by atoms with Crippen LogP contribution >= 0.6 is 12.4 Å². The minimum absolute atomic E-state index is 0. The standard InChI is InChI=1S/C8H9N3.ClH/c1-6(10)7-2-3-11-8(4-7)5-9;/h2-4,6H,10H2,1H3;1H/t6-;/m1./s1. The second-order valence-electron chi connectivity index (χ2n) is 2.37. The molecule has 3 nitrogen and oxygen atoms in total. The number of halogens is 1. The van der Waals surface area contributed by atoms with Crippen molar-refractivity contribution in [2.24, 2.45) is 5.73 Å². The summed E-state index contributed by atoms with van der Waals surface area (Å²) in [4.78, 5) is 3.82. The van der Waals surface area contributed by atoms with E-state index in [1.165, 1.54) is 0 Å². The number of aromatic nitrogens is 1. The molecule has 0 radical (unpaired) electrons. The van der Waals surface area contributed by atoms with Crippen LogP contribution in [0.25, 0.3) is 0 Å². The Kier molecular flexibility index (Phi) is 4.27. The van der Waals surface area contributed by atoms with Gasteiger partial charge in [-0.05, 0) is 24.6 Å². The molecule has 12 heavy (non-hydrogen) atoms. The third kappa shape index (κ3) is 2.50. The van der Waals surface area contributed by atoms with Gasteiger partial charge in [0.05, 0.1) is 0 Å². The average Bonchev–Trinajstić information content (AvgIpc) is 2.05. The van der Waals surface area contributed by atoms with Crippen LogP contribution < -0.4 is 5.73 Å². The van der Waals surface area contributed by atoms with Gasteiger partial charge in [-0.3, -0.25) is 0 Å². The van der Waals surface area contributed by atoms with E-state index in [-0.39, 0.29) is 18.4 Å². The van der Waals surface area contributed by atoms with Crippen molar-refractivity contribution in [2.75, 3.05) is 0 Å². The highest BCUT2D eigenvalue weighted by atomic mass is 35.5.